The van der Waals surface area contributed by atoms with Crippen molar-refractivity contribution < 1.29 is 4.42 Å². The van der Waals surface area contributed by atoms with Crippen LogP contribution in [0.25, 0.3) is 71.7 Å². The second kappa shape index (κ2) is 9.35. The molecule has 0 saturated heterocycles. The lowest BCUT2D eigenvalue weighted by Gasteiger charge is -2.18. The summed E-state index contributed by atoms with van der Waals surface area (Å²) in [6.07, 6.45) is 0. The molecule has 0 spiro atoms. The molecule has 3 heteroatoms. The van der Waals surface area contributed by atoms with Crippen LogP contribution in [0.4, 0.5) is 0 Å². The van der Waals surface area contributed by atoms with Crippen LogP contribution in [-0.2, 0) is 0 Å². The molecule has 45 heavy (non-hydrogen) atoms. The van der Waals surface area contributed by atoms with Crippen molar-refractivity contribution in [3.05, 3.63) is 158 Å². The zero-order valence-corrected chi connectivity index (χ0v) is 24.4. The van der Waals surface area contributed by atoms with Crippen LogP contribution < -0.4 is 16.4 Å². The van der Waals surface area contributed by atoms with Crippen molar-refractivity contribution in [1.29, 1.82) is 0 Å². The number of benzene rings is 7. The van der Waals surface area contributed by atoms with Crippen molar-refractivity contribution in [3.63, 3.8) is 0 Å². The van der Waals surface area contributed by atoms with Gasteiger partial charge in [0.15, 0.2) is 0 Å². The van der Waals surface area contributed by atoms with E-state index in [0.717, 1.165) is 21.9 Å². The molecule has 3 heterocycles. The predicted molar refractivity (Wildman–Crippen MR) is 190 cm³/mol. The molecule has 0 bridgehead atoms. The lowest BCUT2D eigenvalue weighted by molar-refractivity contribution is 0.670. The van der Waals surface area contributed by atoms with Crippen molar-refractivity contribution in [1.82, 2.24) is 4.57 Å². The third-order valence-corrected chi connectivity index (χ3v) is 9.69. The van der Waals surface area contributed by atoms with Crippen molar-refractivity contribution in [2.75, 3.05) is 0 Å². The van der Waals surface area contributed by atoms with Gasteiger partial charge in [-0.25, -0.2) is 0 Å². The third kappa shape index (κ3) is 3.47. The van der Waals surface area contributed by atoms with E-state index in [2.05, 4.69) is 156 Å². The quantitative estimate of drug-likeness (QED) is 0.190. The van der Waals surface area contributed by atoms with Crippen molar-refractivity contribution >= 4 is 66.8 Å². The average molecular weight is 571 g/mol. The Morgan fingerprint density at radius 3 is 1.98 bits per heavy atom. The van der Waals surface area contributed by atoms with Gasteiger partial charge in [0.05, 0.1) is 11.0 Å². The highest BCUT2D eigenvalue weighted by molar-refractivity contribution is 6.97. The first-order chi connectivity index (χ1) is 22.3. The van der Waals surface area contributed by atoms with Crippen LogP contribution >= 0.6 is 0 Å². The second-order valence-electron chi connectivity index (χ2n) is 12.0. The molecule has 0 atom stereocenters. The van der Waals surface area contributed by atoms with E-state index in [0.29, 0.717) is 0 Å². The van der Waals surface area contributed by atoms with E-state index in [1.165, 1.54) is 66.1 Å². The number of para-hydroxylation sites is 3. The molecule has 0 unspecified atom stereocenters. The summed E-state index contributed by atoms with van der Waals surface area (Å²) in [5, 5.41) is 4.84. The van der Waals surface area contributed by atoms with E-state index in [-0.39, 0.29) is 6.71 Å². The molecule has 0 saturated carbocycles. The van der Waals surface area contributed by atoms with Crippen LogP contribution in [0.1, 0.15) is 0 Å². The van der Waals surface area contributed by atoms with Gasteiger partial charge in [-0.3, -0.25) is 0 Å². The third-order valence-electron chi connectivity index (χ3n) is 9.69. The Labute approximate surface area is 260 Å². The monoisotopic (exact) mass is 571 g/mol. The van der Waals surface area contributed by atoms with Gasteiger partial charge >= 0.3 is 0 Å². The minimum atomic E-state index is 0.0486. The van der Waals surface area contributed by atoms with Gasteiger partial charge in [-0.05, 0) is 53.1 Å². The molecular weight excluding hydrogens is 545 g/mol. The Morgan fingerprint density at radius 2 is 1.11 bits per heavy atom. The fraction of sp³-hybridized carbons (Fsp3) is 0. The molecule has 10 rings (SSSR count). The molecule has 0 amide bonds. The summed E-state index contributed by atoms with van der Waals surface area (Å²) < 4.78 is 9.05. The van der Waals surface area contributed by atoms with Crippen LogP contribution in [0.3, 0.4) is 0 Å². The molecule has 0 N–H and O–H groups in total. The normalized spacial score (nSPS) is 12.4. The Morgan fingerprint density at radius 1 is 0.444 bits per heavy atom. The van der Waals surface area contributed by atoms with Gasteiger partial charge in [-0.15, -0.1) is 0 Å². The van der Waals surface area contributed by atoms with Crippen molar-refractivity contribution in [2.24, 2.45) is 0 Å². The smallest absolute Gasteiger partial charge is 0.242 e. The SMILES string of the molecule is c1ccc(-n2c3ccccc3c3cc(B4c5ccccc5-c5ccc6c(oc7ccccc76)c5-c5ccccc54)ccc32)cc1. The summed E-state index contributed by atoms with van der Waals surface area (Å²) in [4.78, 5) is 0. The summed E-state index contributed by atoms with van der Waals surface area (Å²) in [5.41, 5.74) is 14.3. The number of aromatic nitrogens is 1. The van der Waals surface area contributed by atoms with Gasteiger partial charge in [0.25, 0.3) is 0 Å². The topological polar surface area (TPSA) is 18.1 Å². The predicted octanol–water partition coefficient (Wildman–Crippen LogP) is 8.85. The maximum absolute atomic E-state index is 6.67. The highest BCUT2D eigenvalue weighted by Crippen LogP contribution is 2.42. The minimum Gasteiger partial charge on any atom is -0.455 e. The molecule has 0 radical (unpaired) electrons. The molecular formula is C42H26BNO. The van der Waals surface area contributed by atoms with E-state index in [1.54, 1.807) is 0 Å². The Bertz CT molecular complexity index is 2610. The first-order valence-corrected chi connectivity index (χ1v) is 15.6. The molecule has 9 aromatic rings. The van der Waals surface area contributed by atoms with Gasteiger partial charge < -0.3 is 8.98 Å². The van der Waals surface area contributed by atoms with Gasteiger partial charge in [-0.2, -0.15) is 0 Å². The molecule has 1 aliphatic heterocycles. The highest BCUT2D eigenvalue weighted by Gasteiger charge is 2.33. The standard InChI is InChI=1S/C42H26BNO/c1-2-12-28(13-3-1)44-38-20-10-6-15-30(38)35-26-27(22-25-39(35)44)43-36-18-8-4-14-29(36)32-23-24-33-31-16-7-11-21-40(31)45-42(33)41(32)34-17-5-9-19-37(34)43/h1-26H. The summed E-state index contributed by atoms with van der Waals surface area (Å²) in [6, 6.07) is 57.3. The maximum Gasteiger partial charge on any atom is 0.242 e. The Kier molecular flexibility index (Phi) is 5.12. The highest BCUT2D eigenvalue weighted by atomic mass is 16.3. The van der Waals surface area contributed by atoms with E-state index in [1.807, 2.05) is 6.07 Å². The zero-order chi connectivity index (χ0) is 29.5. The largest absolute Gasteiger partial charge is 0.455 e. The van der Waals surface area contributed by atoms with Gasteiger partial charge in [0, 0.05) is 32.8 Å². The number of furan rings is 1. The van der Waals surface area contributed by atoms with Crippen LogP contribution in [-0.4, -0.2) is 11.3 Å². The molecule has 0 fully saturated rings. The second-order valence-corrected chi connectivity index (χ2v) is 12.0. The molecule has 2 nitrogen and oxygen atoms in total. The van der Waals surface area contributed by atoms with Crippen LogP contribution in [0.15, 0.2) is 162 Å². The van der Waals surface area contributed by atoms with E-state index >= 15 is 0 Å². The van der Waals surface area contributed by atoms with Crippen molar-refractivity contribution in [2.45, 2.75) is 0 Å². The van der Waals surface area contributed by atoms with Gasteiger partial charge in [0.1, 0.15) is 11.2 Å². The minimum absolute atomic E-state index is 0.0486. The molecule has 2 aromatic heterocycles. The van der Waals surface area contributed by atoms with Crippen LogP contribution in [0.2, 0.25) is 0 Å². The van der Waals surface area contributed by atoms with E-state index < -0.39 is 0 Å². The number of rotatable bonds is 2. The molecule has 1 aliphatic rings. The fourth-order valence-corrected chi connectivity index (χ4v) is 7.80. The number of hydrogen-bond acceptors (Lipinski definition) is 1. The zero-order valence-electron chi connectivity index (χ0n) is 24.4. The van der Waals surface area contributed by atoms with Crippen LogP contribution in [0, 0.1) is 0 Å². The first-order valence-electron chi connectivity index (χ1n) is 15.6. The number of nitrogens with zero attached hydrogens (tertiary/aromatic N) is 1. The lowest BCUT2D eigenvalue weighted by atomic mass is 9.36. The molecule has 7 aromatic carbocycles. The van der Waals surface area contributed by atoms with E-state index in [9.17, 15) is 0 Å². The first kappa shape index (κ1) is 24.6. The Hall–Kier alpha value is -5.80. The summed E-state index contributed by atoms with van der Waals surface area (Å²) >= 11 is 0. The lowest BCUT2D eigenvalue weighted by Crippen LogP contribution is -2.52. The van der Waals surface area contributed by atoms with E-state index in [4.69, 9.17) is 4.42 Å². The molecule has 208 valence electrons. The Balaban J connectivity index is 1.28. The average Bonchev–Trinajstić information content (AvgIpc) is 3.61. The van der Waals surface area contributed by atoms with Crippen LogP contribution in [0.5, 0.6) is 0 Å². The maximum atomic E-state index is 6.67. The summed E-state index contributed by atoms with van der Waals surface area (Å²) in [5.74, 6) is 0. The summed E-state index contributed by atoms with van der Waals surface area (Å²) in [6.45, 7) is 0.0486. The fourth-order valence-electron chi connectivity index (χ4n) is 7.80. The van der Waals surface area contributed by atoms with Gasteiger partial charge in [0.2, 0.25) is 6.71 Å². The number of hydrogen-bond donors (Lipinski definition) is 0. The van der Waals surface area contributed by atoms with Gasteiger partial charge in [-0.1, -0.05) is 138 Å². The number of fused-ring (bicyclic) bond motifs is 12. The summed E-state index contributed by atoms with van der Waals surface area (Å²) in [7, 11) is 0. The van der Waals surface area contributed by atoms with Crippen molar-refractivity contribution in [3.8, 4) is 27.9 Å². The molecule has 0 aliphatic carbocycles.